The van der Waals surface area contributed by atoms with Gasteiger partial charge in [0.2, 0.25) is 0 Å². The average Bonchev–Trinajstić information content (AvgIpc) is 2.52. The number of rotatable bonds is 6. The van der Waals surface area contributed by atoms with E-state index in [2.05, 4.69) is 29.5 Å². The highest BCUT2D eigenvalue weighted by molar-refractivity contribution is 6.44. The molecule has 0 bridgehead atoms. The van der Waals surface area contributed by atoms with Gasteiger partial charge in [-0.15, -0.1) is 0 Å². The molecule has 23 heavy (non-hydrogen) atoms. The molecule has 0 spiro atoms. The molecule has 0 aliphatic carbocycles. The quantitative estimate of drug-likeness (QED) is 0.761. The first kappa shape index (κ1) is 17.6. The molecule has 0 saturated heterocycles. The number of pyridine rings is 1. The molecule has 1 aromatic carbocycles. The number of hydrogen-bond donors (Lipinski definition) is 2. The normalized spacial score (nSPS) is 10.7. The summed E-state index contributed by atoms with van der Waals surface area (Å²) in [7, 11) is 0. The summed E-state index contributed by atoms with van der Waals surface area (Å²) >= 11 is 12.0. The van der Waals surface area contributed by atoms with Crippen molar-refractivity contribution in [3.63, 3.8) is 0 Å². The van der Waals surface area contributed by atoms with Crippen molar-refractivity contribution in [2.45, 2.75) is 20.3 Å². The predicted octanol–water partition coefficient (Wildman–Crippen LogP) is 5.10. The summed E-state index contributed by atoms with van der Waals surface area (Å²) in [6, 6.07) is 8.59. The minimum Gasteiger partial charge on any atom is -0.370 e. The van der Waals surface area contributed by atoms with Gasteiger partial charge < -0.3 is 10.6 Å². The first-order chi connectivity index (χ1) is 11.0. The maximum atomic E-state index is 12.2. The minimum absolute atomic E-state index is 0.282. The van der Waals surface area contributed by atoms with Gasteiger partial charge in [-0.3, -0.25) is 4.79 Å². The van der Waals surface area contributed by atoms with Crippen molar-refractivity contribution >= 4 is 40.6 Å². The molecular weight excluding hydrogens is 333 g/mol. The van der Waals surface area contributed by atoms with Crippen molar-refractivity contribution in [1.29, 1.82) is 0 Å². The van der Waals surface area contributed by atoms with Crippen molar-refractivity contribution < 1.29 is 4.79 Å². The van der Waals surface area contributed by atoms with Crippen LogP contribution in [0.3, 0.4) is 0 Å². The van der Waals surface area contributed by atoms with Gasteiger partial charge in [0.25, 0.3) is 5.91 Å². The van der Waals surface area contributed by atoms with Crippen LogP contribution in [0.15, 0.2) is 36.5 Å². The molecule has 1 heterocycles. The van der Waals surface area contributed by atoms with Crippen molar-refractivity contribution in [2.75, 3.05) is 17.2 Å². The molecule has 2 N–H and O–H groups in total. The largest absolute Gasteiger partial charge is 0.370 e. The van der Waals surface area contributed by atoms with E-state index in [0.717, 1.165) is 18.8 Å². The van der Waals surface area contributed by atoms with E-state index < -0.39 is 0 Å². The average molecular weight is 352 g/mol. The van der Waals surface area contributed by atoms with E-state index in [4.69, 9.17) is 23.2 Å². The lowest BCUT2D eigenvalue weighted by Gasteiger charge is -2.10. The Morgan fingerprint density at radius 3 is 2.65 bits per heavy atom. The second kappa shape index (κ2) is 8.18. The van der Waals surface area contributed by atoms with Crippen LogP contribution in [-0.4, -0.2) is 17.4 Å². The highest BCUT2D eigenvalue weighted by Gasteiger charge is 2.10. The van der Waals surface area contributed by atoms with E-state index in [1.165, 1.54) is 6.20 Å². The van der Waals surface area contributed by atoms with Crippen LogP contribution >= 0.6 is 23.2 Å². The van der Waals surface area contributed by atoms with E-state index in [9.17, 15) is 4.79 Å². The summed E-state index contributed by atoms with van der Waals surface area (Å²) in [4.78, 5) is 16.5. The number of carbonyl (C=O) groups excluding carboxylic acids is 1. The predicted molar refractivity (Wildman–Crippen MR) is 96.6 cm³/mol. The van der Waals surface area contributed by atoms with Crippen LogP contribution in [0.4, 0.5) is 11.5 Å². The molecule has 6 heteroatoms. The van der Waals surface area contributed by atoms with Gasteiger partial charge in [0.05, 0.1) is 21.3 Å². The maximum Gasteiger partial charge on any atom is 0.257 e. The van der Waals surface area contributed by atoms with E-state index in [1.807, 2.05) is 0 Å². The third kappa shape index (κ3) is 5.12. The van der Waals surface area contributed by atoms with Gasteiger partial charge in [0.1, 0.15) is 5.82 Å². The molecule has 2 rings (SSSR count). The van der Waals surface area contributed by atoms with Crippen LogP contribution < -0.4 is 10.6 Å². The summed E-state index contributed by atoms with van der Waals surface area (Å²) in [5.41, 5.74) is 0.929. The monoisotopic (exact) mass is 351 g/mol. The van der Waals surface area contributed by atoms with Crippen molar-refractivity contribution in [3.05, 3.63) is 52.1 Å². The van der Waals surface area contributed by atoms with Gasteiger partial charge in [-0.1, -0.05) is 43.1 Å². The first-order valence-electron chi connectivity index (χ1n) is 7.42. The third-order valence-electron chi connectivity index (χ3n) is 3.25. The van der Waals surface area contributed by atoms with Crippen LogP contribution in [0.1, 0.15) is 30.6 Å². The Bertz CT molecular complexity index is 672. The third-order valence-corrected chi connectivity index (χ3v) is 4.07. The Hall–Kier alpha value is -1.78. The molecule has 122 valence electrons. The molecule has 0 aliphatic heterocycles. The standard InChI is InChI=1S/C17H19Cl2N3O/c1-11(2)8-9-20-15-7-6-12(10-21-15)17(23)22-14-5-3-4-13(18)16(14)19/h3-7,10-11H,8-9H2,1-2H3,(H,20,21)(H,22,23). The van der Waals surface area contributed by atoms with Gasteiger partial charge >= 0.3 is 0 Å². The van der Waals surface area contributed by atoms with Crippen molar-refractivity contribution in [3.8, 4) is 0 Å². The lowest BCUT2D eigenvalue weighted by molar-refractivity contribution is 0.102. The molecule has 1 amide bonds. The van der Waals surface area contributed by atoms with Gasteiger partial charge in [-0.2, -0.15) is 0 Å². The molecule has 0 radical (unpaired) electrons. The van der Waals surface area contributed by atoms with Crippen molar-refractivity contribution in [1.82, 2.24) is 4.98 Å². The van der Waals surface area contributed by atoms with Gasteiger partial charge in [-0.25, -0.2) is 4.98 Å². The maximum absolute atomic E-state index is 12.2. The lowest BCUT2D eigenvalue weighted by Crippen LogP contribution is -2.13. The molecule has 0 aliphatic rings. The number of amides is 1. The van der Waals surface area contributed by atoms with Crippen LogP contribution in [0.2, 0.25) is 10.0 Å². The highest BCUT2D eigenvalue weighted by Crippen LogP contribution is 2.29. The fourth-order valence-electron chi connectivity index (χ4n) is 1.92. The van der Waals surface area contributed by atoms with E-state index in [0.29, 0.717) is 27.2 Å². The van der Waals surface area contributed by atoms with Crippen LogP contribution in [0.25, 0.3) is 0 Å². The second-order valence-corrected chi connectivity index (χ2v) is 6.38. The smallest absolute Gasteiger partial charge is 0.257 e. The number of halogens is 2. The van der Waals surface area contributed by atoms with Gasteiger partial charge in [-0.05, 0) is 36.6 Å². The number of carbonyl (C=O) groups is 1. The minimum atomic E-state index is -0.282. The van der Waals surface area contributed by atoms with E-state index >= 15 is 0 Å². The Morgan fingerprint density at radius 2 is 2.00 bits per heavy atom. The number of nitrogens with one attached hydrogen (secondary N) is 2. The van der Waals surface area contributed by atoms with E-state index in [1.54, 1.807) is 30.3 Å². The van der Waals surface area contributed by atoms with E-state index in [-0.39, 0.29) is 5.91 Å². The second-order valence-electron chi connectivity index (χ2n) is 5.60. The molecule has 2 aromatic rings. The molecular formula is C17H19Cl2N3O. The molecule has 0 saturated carbocycles. The number of nitrogens with zero attached hydrogens (tertiary/aromatic N) is 1. The lowest BCUT2D eigenvalue weighted by atomic mass is 10.1. The first-order valence-corrected chi connectivity index (χ1v) is 8.18. The molecule has 0 fully saturated rings. The Kier molecular flexibility index (Phi) is 6.25. The zero-order valence-electron chi connectivity index (χ0n) is 13.1. The zero-order chi connectivity index (χ0) is 16.8. The van der Waals surface area contributed by atoms with Gasteiger partial charge in [0, 0.05) is 12.7 Å². The van der Waals surface area contributed by atoms with Crippen LogP contribution in [0.5, 0.6) is 0 Å². The highest BCUT2D eigenvalue weighted by atomic mass is 35.5. The number of aromatic nitrogens is 1. The zero-order valence-corrected chi connectivity index (χ0v) is 14.6. The molecule has 4 nitrogen and oxygen atoms in total. The summed E-state index contributed by atoms with van der Waals surface area (Å²) in [5.74, 6) is 1.10. The SMILES string of the molecule is CC(C)CCNc1ccc(C(=O)Nc2cccc(Cl)c2Cl)cn1. The Balaban J connectivity index is 1.98. The van der Waals surface area contributed by atoms with Crippen LogP contribution in [-0.2, 0) is 0 Å². The summed E-state index contributed by atoms with van der Waals surface area (Å²) in [6.45, 7) is 5.20. The fourth-order valence-corrected chi connectivity index (χ4v) is 2.26. The molecule has 0 unspecified atom stereocenters. The number of hydrogen-bond acceptors (Lipinski definition) is 3. The summed E-state index contributed by atoms with van der Waals surface area (Å²) < 4.78 is 0. The van der Waals surface area contributed by atoms with Crippen LogP contribution in [0, 0.1) is 5.92 Å². The number of benzene rings is 1. The topological polar surface area (TPSA) is 54.0 Å². The fraction of sp³-hybridized carbons (Fsp3) is 0.294. The van der Waals surface area contributed by atoms with Gasteiger partial charge in [0.15, 0.2) is 0 Å². The summed E-state index contributed by atoms with van der Waals surface area (Å²) in [6.07, 6.45) is 2.60. The summed E-state index contributed by atoms with van der Waals surface area (Å²) in [5, 5.41) is 6.67. The molecule has 1 aromatic heterocycles. The number of anilines is 2. The Labute approximate surface area is 146 Å². The Morgan fingerprint density at radius 1 is 1.22 bits per heavy atom. The molecule has 0 atom stereocenters. The van der Waals surface area contributed by atoms with Crippen molar-refractivity contribution in [2.24, 2.45) is 5.92 Å².